The first-order valence-corrected chi connectivity index (χ1v) is 14.4. The molecule has 4 aromatic rings. The van der Waals surface area contributed by atoms with Crippen LogP contribution in [0.4, 0.5) is 11.4 Å². The summed E-state index contributed by atoms with van der Waals surface area (Å²) >= 11 is 0. The number of carbonyl (C=O) groups is 4. The van der Waals surface area contributed by atoms with Gasteiger partial charge in [-0.25, -0.2) is 9.78 Å². The number of pyridine rings is 1. The van der Waals surface area contributed by atoms with E-state index in [1.807, 2.05) is 13.0 Å². The van der Waals surface area contributed by atoms with Crippen LogP contribution in [0.3, 0.4) is 0 Å². The number of carbonyl (C=O) groups excluding carboxylic acids is 4. The van der Waals surface area contributed by atoms with Crippen molar-refractivity contribution >= 4 is 45.8 Å². The fourth-order valence-corrected chi connectivity index (χ4v) is 6.17. The van der Waals surface area contributed by atoms with Crippen molar-refractivity contribution in [2.75, 3.05) is 11.5 Å². The third kappa shape index (κ3) is 5.34. The predicted octanol–water partition coefficient (Wildman–Crippen LogP) is 6.08. The number of non-ortho nitro benzene ring substituents is 1. The standard InChI is InChI=1S/C34H29N3O7/c1-19-6-12-25-27(15-19)33(40)36(32(25)39)23-10-8-21(9-11-23)30-17-28(26-14-20(2)7-13-29(26)35-30)34(41)44-18-31(38)22-4-3-5-24(16-22)37(42)43/h3-5,7-11,13-14,16-17,19,25,27H,6,12,15,18H2,1-2H3. The van der Waals surface area contributed by atoms with Gasteiger partial charge in [0.05, 0.1) is 39.2 Å². The fraction of sp³-hybridized carbons (Fsp3) is 0.265. The summed E-state index contributed by atoms with van der Waals surface area (Å²) in [5, 5.41) is 11.6. The number of aryl methyl sites for hydroxylation is 1. The number of ketones is 1. The Morgan fingerprint density at radius 3 is 2.48 bits per heavy atom. The van der Waals surface area contributed by atoms with Crippen LogP contribution in [0.5, 0.6) is 0 Å². The molecule has 0 bridgehead atoms. The predicted molar refractivity (Wildman–Crippen MR) is 162 cm³/mol. The molecule has 2 fully saturated rings. The van der Waals surface area contributed by atoms with Crippen LogP contribution in [-0.2, 0) is 14.3 Å². The minimum atomic E-state index is -0.746. The van der Waals surface area contributed by atoms with Crippen molar-refractivity contribution in [1.29, 1.82) is 0 Å². The molecule has 0 radical (unpaired) electrons. The van der Waals surface area contributed by atoms with Crippen molar-refractivity contribution in [2.24, 2.45) is 17.8 Å². The lowest BCUT2D eigenvalue weighted by molar-refractivity contribution is -0.384. The maximum Gasteiger partial charge on any atom is 0.339 e. The average Bonchev–Trinajstić information content (AvgIpc) is 3.27. The first kappa shape index (κ1) is 28.9. The number of anilines is 1. The minimum absolute atomic E-state index is 0.0620. The van der Waals surface area contributed by atoms with E-state index in [1.54, 1.807) is 42.5 Å². The summed E-state index contributed by atoms with van der Waals surface area (Å²) in [5.74, 6) is -1.74. The Labute approximate surface area is 252 Å². The Bertz CT molecular complexity index is 1850. The zero-order valence-corrected chi connectivity index (χ0v) is 24.2. The van der Waals surface area contributed by atoms with Crippen molar-refractivity contribution in [1.82, 2.24) is 4.98 Å². The number of amides is 2. The van der Waals surface area contributed by atoms with Crippen molar-refractivity contribution in [3.63, 3.8) is 0 Å². The fourth-order valence-electron chi connectivity index (χ4n) is 6.17. The molecule has 10 nitrogen and oxygen atoms in total. The van der Waals surface area contributed by atoms with Crippen molar-refractivity contribution in [3.8, 4) is 11.3 Å². The summed E-state index contributed by atoms with van der Waals surface area (Å²) < 4.78 is 5.38. The van der Waals surface area contributed by atoms with Crippen molar-refractivity contribution < 1.29 is 28.8 Å². The zero-order chi connectivity index (χ0) is 31.1. The molecule has 222 valence electrons. The van der Waals surface area contributed by atoms with Crippen LogP contribution in [-0.4, -0.2) is 40.1 Å². The van der Waals surface area contributed by atoms with Gasteiger partial charge in [-0.2, -0.15) is 0 Å². The molecule has 1 saturated carbocycles. The van der Waals surface area contributed by atoms with Gasteiger partial charge in [-0.05, 0) is 62.4 Å². The van der Waals surface area contributed by atoms with Gasteiger partial charge < -0.3 is 4.74 Å². The van der Waals surface area contributed by atoms with E-state index in [2.05, 4.69) is 6.92 Å². The summed E-state index contributed by atoms with van der Waals surface area (Å²) in [6.45, 7) is 3.39. The van der Waals surface area contributed by atoms with E-state index in [0.717, 1.165) is 30.9 Å². The highest BCUT2D eigenvalue weighted by Gasteiger charge is 2.49. The number of aromatic nitrogens is 1. The maximum absolute atomic E-state index is 13.3. The lowest BCUT2D eigenvalue weighted by Gasteiger charge is -2.25. The lowest BCUT2D eigenvalue weighted by Crippen LogP contribution is -2.30. The van der Waals surface area contributed by atoms with Crippen LogP contribution >= 0.6 is 0 Å². The van der Waals surface area contributed by atoms with Crippen LogP contribution in [0.15, 0.2) is 72.8 Å². The Morgan fingerprint density at radius 1 is 0.977 bits per heavy atom. The molecule has 0 N–H and O–H groups in total. The van der Waals surface area contributed by atoms with Crippen LogP contribution in [0.1, 0.15) is 52.5 Å². The molecule has 1 aliphatic carbocycles. The van der Waals surface area contributed by atoms with E-state index in [4.69, 9.17) is 9.72 Å². The van der Waals surface area contributed by atoms with Crippen molar-refractivity contribution in [3.05, 3.63) is 99.6 Å². The number of benzene rings is 3. The molecule has 1 aliphatic heterocycles. The minimum Gasteiger partial charge on any atom is -0.454 e. The number of fused-ring (bicyclic) bond motifs is 2. The van der Waals surface area contributed by atoms with Crippen LogP contribution < -0.4 is 4.90 Å². The van der Waals surface area contributed by atoms with E-state index in [-0.39, 0.29) is 40.5 Å². The van der Waals surface area contributed by atoms with E-state index < -0.39 is 23.3 Å². The van der Waals surface area contributed by atoms with Gasteiger partial charge in [-0.15, -0.1) is 0 Å². The third-order valence-corrected chi connectivity index (χ3v) is 8.51. The Kier molecular flexibility index (Phi) is 7.50. The highest BCUT2D eigenvalue weighted by atomic mass is 16.6. The molecule has 2 aliphatic rings. The Morgan fingerprint density at radius 2 is 1.73 bits per heavy atom. The highest BCUT2D eigenvalue weighted by molar-refractivity contribution is 6.22. The quantitative estimate of drug-likeness (QED) is 0.0829. The van der Waals surface area contributed by atoms with Crippen molar-refractivity contribution in [2.45, 2.75) is 33.1 Å². The highest BCUT2D eigenvalue weighted by Crippen LogP contribution is 2.42. The smallest absolute Gasteiger partial charge is 0.339 e. The van der Waals surface area contributed by atoms with E-state index in [1.165, 1.54) is 23.1 Å². The lowest BCUT2D eigenvalue weighted by atomic mass is 9.76. The number of esters is 1. The number of imide groups is 1. The van der Waals surface area contributed by atoms with Gasteiger partial charge in [0.1, 0.15) is 0 Å². The molecule has 1 saturated heterocycles. The Hall–Kier alpha value is -5.25. The molecule has 44 heavy (non-hydrogen) atoms. The zero-order valence-electron chi connectivity index (χ0n) is 24.2. The van der Waals surface area contributed by atoms with Gasteiger partial charge in [-0.3, -0.25) is 29.4 Å². The number of nitrogens with zero attached hydrogens (tertiary/aromatic N) is 3. The number of nitro groups is 1. The second-order valence-electron chi connectivity index (χ2n) is 11.6. The van der Waals surface area contributed by atoms with Crippen LogP contribution in [0.2, 0.25) is 0 Å². The van der Waals surface area contributed by atoms with Crippen LogP contribution in [0.25, 0.3) is 22.2 Å². The normalized spacial score (nSPS) is 19.6. The molecule has 6 rings (SSSR count). The summed E-state index contributed by atoms with van der Waals surface area (Å²) in [5.41, 5.74) is 3.08. The second kappa shape index (κ2) is 11.4. The van der Waals surface area contributed by atoms with Gasteiger partial charge in [0.25, 0.3) is 5.69 Å². The monoisotopic (exact) mass is 591 g/mol. The molecule has 2 amide bonds. The Balaban J connectivity index is 1.26. The number of ether oxygens (including phenoxy) is 1. The third-order valence-electron chi connectivity index (χ3n) is 8.51. The summed E-state index contributed by atoms with van der Waals surface area (Å²) in [4.78, 5) is 68.8. The maximum atomic E-state index is 13.3. The number of hydrogen-bond donors (Lipinski definition) is 0. The second-order valence-corrected chi connectivity index (χ2v) is 11.6. The van der Waals surface area contributed by atoms with E-state index in [0.29, 0.717) is 33.8 Å². The molecular weight excluding hydrogens is 562 g/mol. The van der Waals surface area contributed by atoms with Gasteiger partial charge in [0.15, 0.2) is 6.61 Å². The molecular formula is C34H29N3O7. The first-order chi connectivity index (χ1) is 21.1. The van der Waals surface area contributed by atoms with E-state index in [9.17, 15) is 29.3 Å². The topological polar surface area (TPSA) is 137 Å². The number of Topliss-reactive ketones (excluding diaryl/α,β-unsaturated/α-hetero) is 1. The SMILES string of the molecule is Cc1ccc2nc(-c3ccc(N4C(=O)C5CCC(C)CC5C4=O)cc3)cc(C(=O)OCC(=O)c3cccc([N+](=O)[O-])c3)c2c1. The van der Waals surface area contributed by atoms with Crippen LogP contribution in [0, 0.1) is 34.8 Å². The van der Waals surface area contributed by atoms with E-state index >= 15 is 0 Å². The summed E-state index contributed by atoms with van der Waals surface area (Å²) in [6.07, 6.45) is 2.38. The molecule has 3 unspecified atom stereocenters. The van der Waals surface area contributed by atoms with Gasteiger partial charge in [0, 0.05) is 28.6 Å². The van der Waals surface area contributed by atoms with Gasteiger partial charge >= 0.3 is 5.97 Å². The molecule has 2 heterocycles. The largest absolute Gasteiger partial charge is 0.454 e. The average molecular weight is 592 g/mol. The molecule has 3 atom stereocenters. The molecule has 1 aromatic heterocycles. The first-order valence-electron chi connectivity index (χ1n) is 14.4. The number of rotatable bonds is 7. The van der Waals surface area contributed by atoms with Gasteiger partial charge in [0.2, 0.25) is 17.6 Å². The summed E-state index contributed by atoms with van der Waals surface area (Å²) in [7, 11) is 0. The molecule has 3 aromatic carbocycles. The number of nitro benzene ring substituents is 1. The molecule has 0 spiro atoms. The molecule has 10 heteroatoms. The van der Waals surface area contributed by atoms with Gasteiger partial charge in [-0.1, -0.05) is 42.8 Å². The number of hydrogen-bond acceptors (Lipinski definition) is 8. The summed E-state index contributed by atoms with van der Waals surface area (Å²) in [6, 6.07) is 19.2.